The first-order valence-electron chi connectivity index (χ1n) is 15.2. The summed E-state index contributed by atoms with van der Waals surface area (Å²) in [5, 5.41) is 2.73. The number of amides is 2. The maximum absolute atomic E-state index is 13.4. The van der Waals surface area contributed by atoms with Crippen molar-refractivity contribution in [3.8, 4) is 0 Å². The van der Waals surface area contributed by atoms with E-state index in [1.54, 1.807) is 0 Å². The van der Waals surface area contributed by atoms with Crippen LogP contribution < -0.4 is 10.6 Å². The fraction of sp³-hybridized carbons (Fsp3) is 0.867. The Morgan fingerprint density at radius 2 is 0.544 bits per heavy atom. The molecule has 0 aromatic carbocycles. The smallest absolute Gasteiger partial charge is 0.352 e. The molecule has 12 N–H and O–H groups in total. The largest absolute Gasteiger partial charge is 0.398 e. The summed E-state index contributed by atoms with van der Waals surface area (Å²) in [5.41, 5.74) is 0. The van der Waals surface area contributed by atoms with E-state index in [1.165, 1.54) is 10.6 Å². The fourth-order valence-electron chi connectivity index (χ4n) is 4.23. The molecule has 9 atom stereocenters. The zero-order valence-electron chi connectivity index (χ0n) is 41.9. The average Bonchev–Trinajstić information content (AvgIpc) is 3.04. The maximum Gasteiger partial charge on any atom is 0.398 e. The van der Waals surface area contributed by atoms with E-state index in [1.807, 2.05) is 0 Å². The maximum atomic E-state index is 13.4. The molecule has 0 bridgehead atoms. The Labute approximate surface area is 671 Å². The molecule has 1 unspecified atom stereocenters. The van der Waals surface area contributed by atoms with E-state index < -0.39 is 190 Å². The van der Waals surface area contributed by atoms with Crippen molar-refractivity contribution in [2.24, 2.45) is 0 Å². The summed E-state index contributed by atoms with van der Waals surface area (Å²) in [5.74, 6) is -5.03. The third-order valence-corrected chi connectivity index (χ3v) is 10.7. The first-order chi connectivity index (χ1) is 30.1. The molecule has 422 valence electrons. The van der Waals surface area contributed by atoms with Crippen LogP contribution in [-0.4, -0.2) is 512 Å². The molecule has 2 amide bonds. The summed E-state index contributed by atoms with van der Waals surface area (Å²) in [4.78, 5) is 26.7. The molecule has 0 saturated carbocycles. The zero-order valence-corrected chi connectivity index (χ0v) is 70.1. The van der Waals surface area contributed by atoms with Gasteiger partial charge >= 0.3 is 104 Å². The van der Waals surface area contributed by atoms with Gasteiger partial charge in [0.1, 0.15) is 36.6 Å². The van der Waals surface area contributed by atoms with Crippen LogP contribution in [0, 0.1) is 0 Å². The third kappa shape index (κ3) is 59.2. The average molecular weight is 1460 g/mol. The van der Waals surface area contributed by atoms with Crippen molar-refractivity contribution < 1.29 is 181 Å². The van der Waals surface area contributed by atoms with Gasteiger partial charge in [0.05, 0.1) is 13.2 Å². The normalized spacial score (nSPS) is 15.8. The van der Waals surface area contributed by atoms with Crippen LogP contribution >= 0.6 is 0 Å². The first kappa shape index (κ1) is 111. The minimum absolute atomic E-state index is 0. The molecule has 79 heavy (non-hydrogen) atoms. The Hall–Kier alpha value is 7.64. The van der Waals surface area contributed by atoms with Gasteiger partial charge in [0.15, 0.2) is 12.2 Å². The molecule has 0 saturated heterocycles. The van der Waals surface area contributed by atoms with Gasteiger partial charge in [0, 0.05) is 308 Å². The Kier molecular flexibility index (Phi) is 64.5. The van der Waals surface area contributed by atoms with Crippen molar-refractivity contribution in [3.05, 3.63) is 0 Å². The topological polar surface area (TPSA) is 694 Å². The third-order valence-electron chi connectivity index (χ3n) is 6.10. The van der Waals surface area contributed by atoms with Crippen LogP contribution in [-0.2, 0) is 155 Å². The number of hydrogen-bond acceptors (Lipinski definition) is 32. The monoisotopic (exact) mass is 1460 g/mol. The molecule has 0 spiro atoms. The predicted octanol–water partition coefficient (Wildman–Crippen LogP) is -13.1. The van der Waals surface area contributed by atoms with Gasteiger partial charge in [-0.2, -0.15) is 84.2 Å². The molecule has 0 aromatic heterocycles. The van der Waals surface area contributed by atoms with Crippen molar-refractivity contribution >= 4 is 411 Å². The van der Waals surface area contributed by atoms with Crippen LogP contribution in [0.25, 0.3) is 0 Å². The van der Waals surface area contributed by atoms with E-state index in [2.05, 4.69) is 41.8 Å². The molecule has 0 aliphatic carbocycles. The summed E-state index contributed by atoms with van der Waals surface area (Å²) >= 11 is 0. The van der Waals surface area contributed by atoms with Crippen LogP contribution in [0.15, 0.2) is 0 Å². The number of nitrogens with one attached hydrogen (secondary N) is 2. The first-order valence-corrected chi connectivity index (χ1v) is 28.9. The predicted molar refractivity (Wildman–Crippen MR) is 255 cm³/mol. The Morgan fingerprint density at radius 1 is 0.329 bits per heavy atom. The molecule has 0 aliphatic rings. The van der Waals surface area contributed by atoms with Gasteiger partial charge in [0.25, 0.3) is 11.8 Å². The van der Waals surface area contributed by atoms with E-state index in [4.69, 9.17) is 18.2 Å². The van der Waals surface area contributed by atoms with Crippen LogP contribution in [0.2, 0.25) is 0 Å². The second kappa shape index (κ2) is 45.9. The van der Waals surface area contributed by atoms with Crippen molar-refractivity contribution in [3.63, 3.8) is 0 Å². The summed E-state index contributed by atoms with van der Waals surface area (Å²) < 4.78 is 362. The van der Waals surface area contributed by atoms with Crippen LogP contribution in [0.4, 0.5) is 0 Å². The minimum Gasteiger partial charge on any atom is -0.352 e. The van der Waals surface area contributed by atoms with Gasteiger partial charge in [0.2, 0.25) is 0 Å². The van der Waals surface area contributed by atoms with E-state index >= 15 is 0 Å². The minimum atomic E-state index is -6.47. The van der Waals surface area contributed by atoms with E-state index in [-0.39, 0.29) is 296 Å². The number of carbonyl (C=O) groups is 2. The second-order valence-electron chi connectivity index (χ2n) is 11.5. The number of hydrogen-bond donors (Lipinski definition) is 12. The Bertz CT molecular complexity index is 3010. The van der Waals surface area contributed by atoms with E-state index in [0.717, 1.165) is 0 Å². The molecule has 0 heterocycles. The van der Waals surface area contributed by atoms with Gasteiger partial charge in [-0.15, -0.1) is 0 Å². The molecular formula is C15H30N2Na10O42S10. The Morgan fingerprint density at radius 3 is 0.759 bits per heavy atom. The van der Waals surface area contributed by atoms with E-state index in [0.29, 0.717) is 6.92 Å². The van der Waals surface area contributed by atoms with Gasteiger partial charge < -0.3 is 10.6 Å². The SMILES string of the molecule is CC(CNC(=O)[C@H](OS(=O)(=O)O)[C@@H](OS(=O)(=O)O)[C@@H](OS(=O)(=O)O)[C@@H](COS(=O)(=O)O)OS(=O)(=O)O)NC(=O)[C@H](OS(=O)(=O)O)[C@@H](OS(=O)(=O)O)[C@@H](OS(=O)(=O)O)[C@@H](COS(=O)(=O)O)OS(=O)(=O)O.[Na].[Na].[Na].[Na].[Na].[Na].[Na].[Na].[Na].[Na]. The summed E-state index contributed by atoms with van der Waals surface area (Å²) in [6.45, 7) is -5.74. The molecule has 0 rings (SSSR count). The van der Waals surface area contributed by atoms with Crippen LogP contribution in [0.1, 0.15) is 6.92 Å². The molecule has 64 heteroatoms. The van der Waals surface area contributed by atoms with Crippen molar-refractivity contribution in [1.29, 1.82) is 0 Å². The summed E-state index contributed by atoms with van der Waals surface area (Å²) in [6, 6.07) is -2.23. The molecular weight excluding hydrogens is 1430 g/mol. The number of carbonyl (C=O) groups excluding carboxylic acids is 2. The van der Waals surface area contributed by atoms with Gasteiger partial charge in [-0.05, 0) is 6.92 Å². The van der Waals surface area contributed by atoms with E-state index in [9.17, 15) is 121 Å². The van der Waals surface area contributed by atoms with Gasteiger partial charge in [-0.3, -0.25) is 55.1 Å². The van der Waals surface area contributed by atoms with Crippen molar-refractivity contribution in [2.45, 2.75) is 61.8 Å². The standard InChI is InChI=1S/C15H30N2O42S10.10Na/c1-5(17-15(19)13(59-69(47,48)49)11(57-67(41,42)43)9(55-65(35,36)37)7(53-63(29,30)31)4-51-61(23,24)25)2-16-14(18)12(58-68(44,45)46)10(56-66(38,39)40)8(54-64(32,33)34)6(52-62(26,27)28)3-50-60(20,21)22;;;;;;;;;;/h5-13H,2-4H2,1H3,(H,16,18)(H,17,19)(H,20,21,22)(H,23,24,25)(H,26,27,28)(H,29,30,31)(H,32,33,34)(H,35,36,37)(H,38,39,40)(H,41,42,43)(H,44,45,46)(H,47,48,49);;;;;;;;;;/t5?,6-,7-,8+,9+,10+,11+,12-,13-;;;;;;;;;;/m1........../s1. The summed E-state index contributed by atoms with van der Waals surface area (Å²) in [6.07, 6.45) is -30.3. The molecule has 0 aromatic rings. The van der Waals surface area contributed by atoms with Gasteiger partial charge in [-0.25, -0.2) is 41.8 Å². The molecule has 44 nitrogen and oxygen atoms in total. The molecule has 10 radical (unpaired) electrons. The molecule has 0 aliphatic heterocycles. The van der Waals surface area contributed by atoms with Crippen LogP contribution in [0.3, 0.4) is 0 Å². The number of rotatable bonds is 33. The Balaban J connectivity index is -0.000000514. The summed E-state index contributed by atoms with van der Waals surface area (Å²) in [7, 11) is -62.9. The molecule has 0 fully saturated rings. The van der Waals surface area contributed by atoms with Crippen molar-refractivity contribution in [2.75, 3.05) is 19.8 Å². The fourth-order valence-corrected chi connectivity index (χ4v) is 8.73. The second-order valence-corrected chi connectivity index (χ2v) is 22.1. The van der Waals surface area contributed by atoms with Crippen LogP contribution in [0.5, 0.6) is 0 Å². The van der Waals surface area contributed by atoms with Crippen molar-refractivity contribution in [1.82, 2.24) is 10.6 Å². The van der Waals surface area contributed by atoms with Gasteiger partial charge in [-0.1, -0.05) is 0 Å². The zero-order chi connectivity index (χ0) is 55.0. The quantitative estimate of drug-likeness (QED) is 0.0214.